The molecule has 1 unspecified atom stereocenters. The molecule has 21 heavy (non-hydrogen) atoms. The molecule has 0 amide bonds. The van der Waals surface area contributed by atoms with E-state index < -0.39 is 0 Å². The first kappa shape index (κ1) is 15.4. The van der Waals surface area contributed by atoms with Gasteiger partial charge in [0.1, 0.15) is 5.75 Å². The number of carbonyl (C=O) groups is 1. The Balaban J connectivity index is 2.24. The van der Waals surface area contributed by atoms with Crippen LogP contribution in [0.2, 0.25) is 0 Å². The van der Waals surface area contributed by atoms with Crippen molar-refractivity contribution in [1.29, 1.82) is 0 Å². The molecule has 0 saturated heterocycles. The first-order valence-electron chi connectivity index (χ1n) is 7.33. The molecule has 3 nitrogen and oxygen atoms in total. The van der Waals surface area contributed by atoms with Crippen molar-refractivity contribution < 1.29 is 14.3 Å². The van der Waals surface area contributed by atoms with E-state index >= 15 is 0 Å². The molecule has 0 aromatic heterocycles. The van der Waals surface area contributed by atoms with Crippen LogP contribution < -0.4 is 4.74 Å². The molecule has 0 N–H and O–H groups in total. The highest BCUT2D eigenvalue weighted by atomic mass is 16.5. The van der Waals surface area contributed by atoms with Crippen LogP contribution in [0, 0.1) is 0 Å². The summed E-state index contributed by atoms with van der Waals surface area (Å²) < 4.78 is 10.6. The van der Waals surface area contributed by atoms with E-state index in [4.69, 9.17) is 9.47 Å². The average Bonchev–Trinajstić information content (AvgIpc) is 2.52. The molecule has 2 atom stereocenters. The van der Waals surface area contributed by atoms with Crippen LogP contribution in [0.1, 0.15) is 38.7 Å². The molecule has 0 aliphatic carbocycles. The Morgan fingerprint density at radius 1 is 1.10 bits per heavy atom. The van der Waals surface area contributed by atoms with Gasteiger partial charge in [-0.05, 0) is 48.7 Å². The molecular formula is C18H22O3. The minimum Gasteiger partial charge on any atom is -0.497 e. The summed E-state index contributed by atoms with van der Waals surface area (Å²) in [6.45, 7) is 5.80. The molecule has 0 radical (unpaired) electrons. The third kappa shape index (κ3) is 3.54. The van der Waals surface area contributed by atoms with Gasteiger partial charge in [-0.15, -0.1) is 0 Å². The highest BCUT2D eigenvalue weighted by Crippen LogP contribution is 2.26. The molecule has 0 heterocycles. The fourth-order valence-corrected chi connectivity index (χ4v) is 2.16. The van der Waals surface area contributed by atoms with Gasteiger partial charge < -0.3 is 9.47 Å². The van der Waals surface area contributed by atoms with Gasteiger partial charge in [0.05, 0.1) is 19.1 Å². The molecular weight excluding hydrogens is 264 g/mol. The molecule has 2 rings (SSSR count). The quantitative estimate of drug-likeness (QED) is 0.769. The van der Waals surface area contributed by atoms with Crippen LogP contribution in [0.25, 0.3) is 10.8 Å². The summed E-state index contributed by atoms with van der Waals surface area (Å²) in [5.74, 6) is 0.405. The molecule has 0 aliphatic heterocycles. The Kier molecular flexibility index (Phi) is 4.84. The van der Waals surface area contributed by atoms with Gasteiger partial charge >= 0.3 is 5.97 Å². The Bertz CT molecular complexity index is 633. The van der Waals surface area contributed by atoms with Crippen molar-refractivity contribution in [1.82, 2.24) is 0 Å². The zero-order chi connectivity index (χ0) is 15.4. The number of carbonyl (C=O) groups excluding carboxylic acids is 1. The number of benzene rings is 2. The normalized spacial score (nSPS) is 13.7. The second-order valence-corrected chi connectivity index (χ2v) is 5.35. The molecule has 3 heteroatoms. The van der Waals surface area contributed by atoms with E-state index in [1.807, 2.05) is 57.2 Å². The van der Waals surface area contributed by atoms with Gasteiger partial charge in [-0.1, -0.05) is 31.2 Å². The Morgan fingerprint density at radius 3 is 2.43 bits per heavy atom. The zero-order valence-corrected chi connectivity index (χ0v) is 13.1. The lowest BCUT2D eigenvalue weighted by atomic mass is 9.97. The van der Waals surface area contributed by atoms with Gasteiger partial charge in [0.2, 0.25) is 0 Å². The van der Waals surface area contributed by atoms with Gasteiger partial charge in [0.25, 0.3) is 0 Å². The molecule has 2 aromatic rings. The third-order valence-electron chi connectivity index (χ3n) is 3.82. The second kappa shape index (κ2) is 6.61. The number of fused-ring (bicyclic) bond motifs is 1. The fourth-order valence-electron chi connectivity index (χ4n) is 2.16. The SMILES string of the molecule is CCC(C)OC(=O)[C@H](C)c1ccc2cc(OC)ccc2c1. The summed E-state index contributed by atoms with van der Waals surface area (Å²) in [5, 5.41) is 2.19. The highest BCUT2D eigenvalue weighted by molar-refractivity contribution is 5.86. The minimum atomic E-state index is -0.259. The van der Waals surface area contributed by atoms with E-state index in [1.54, 1.807) is 7.11 Å². The van der Waals surface area contributed by atoms with E-state index in [0.29, 0.717) is 0 Å². The van der Waals surface area contributed by atoms with E-state index in [1.165, 1.54) is 0 Å². The lowest BCUT2D eigenvalue weighted by Gasteiger charge is -2.16. The van der Waals surface area contributed by atoms with Crippen LogP contribution in [0.3, 0.4) is 0 Å². The van der Waals surface area contributed by atoms with Gasteiger partial charge in [-0.2, -0.15) is 0 Å². The Morgan fingerprint density at radius 2 is 1.76 bits per heavy atom. The Hall–Kier alpha value is -2.03. The van der Waals surface area contributed by atoms with Crippen LogP contribution in [0.4, 0.5) is 0 Å². The molecule has 0 fully saturated rings. The van der Waals surface area contributed by atoms with Gasteiger partial charge in [0.15, 0.2) is 0 Å². The van der Waals surface area contributed by atoms with Crippen molar-refractivity contribution in [2.75, 3.05) is 7.11 Å². The summed E-state index contributed by atoms with van der Waals surface area (Å²) >= 11 is 0. The lowest BCUT2D eigenvalue weighted by Crippen LogP contribution is -2.19. The van der Waals surface area contributed by atoms with Crippen LogP contribution in [0.5, 0.6) is 5.75 Å². The van der Waals surface area contributed by atoms with Crippen LogP contribution >= 0.6 is 0 Å². The smallest absolute Gasteiger partial charge is 0.313 e. The number of hydrogen-bond donors (Lipinski definition) is 0. The standard InChI is InChI=1S/C18H22O3/c1-5-12(2)21-18(19)13(3)14-6-7-16-11-17(20-4)9-8-15(16)10-14/h6-13H,5H2,1-4H3/t12?,13-/m1/s1. The highest BCUT2D eigenvalue weighted by Gasteiger charge is 2.19. The van der Waals surface area contributed by atoms with Crippen molar-refractivity contribution in [2.24, 2.45) is 0 Å². The fraction of sp³-hybridized carbons (Fsp3) is 0.389. The minimum absolute atomic E-state index is 0.0373. The van der Waals surface area contributed by atoms with Crippen molar-refractivity contribution in [3.63, 3.8) is 0 Å². The van der Waals surface area contributed by atoms with E-state index in [9.17, 15) is 4.79 Å². The second-order valence-electron chi connectivity index (χ2n) is 5.35. The number of ether oxygens (including phenoxy) is 2. The van der Waals surface area contributed by atoms with Gasteiger partial charge in [0, 0.05) is 0 Å². The summed E-state index contributed by atoms with van der Waals surface area (Å²) in [4.78, 5) is 12.1. The summed E-state index contributed by atoms with van der Waals surface area (Å²) in [7, 11) is 1.66. The summed E-state index contributed by atoms with van der Waals surface area (Å²) in [6, 6.07) is 11.9. The van der Waals surface area contributed by atoms with E-state index in [2.05, 4.69) is 0 Å². The molecule has 2 aromatic carbocycles. The number of hydrogen-bond acceptors (Lipinski definition) is 3. The number of rotatable bonds is 5. The maximum atomic E-state index is 12.1. The predicted octanol–water partition coefficient (Wildman–Crippen LogP) is 4.29. The summed E-state index contributed by atoms with van der Waals surface area (Å²) in [5.41, 5.74) is 0.973. The molecule has 0 bridgehead atoms. The maximum Gasteiger partial charge on any atom is 0.313 e. The topological polar surface area (TPSA) is 35.5 Å². The summed E-state index contributed by atoms with van der Waals surface area (Å²) in [6.07, 6.45) is 0.792. The van der Waals surface area contributed by atoms with E-state index in [-0.39, 0.29) is 18.0 Å². The van der Waals surface area contributed by atoms with Crippen LogP contribution in [-0.4, -0.2) is 19.2 Å². The van der Waals surface area contributed by atoms with Crippen molar-refractivity contribution >= 4 is 16.7 Å². The van der Waals surface area contributed by atoms with E-state index in [0.717, 1.165) is 28.5 Å². The molecule has 0 aliphatic rings. The molecule has 112 valence electrons. The first-order valence-corrected chi connectivity index (χ1v) is 7.33. The monoisotopic (exact) mass is 286 g/mol. The zero-order valence-electron chi connectivity index (χ0n) is 13.1. The van der Waals surface area contributed by atoms with Gasteiger partial charge in [-0.3, -0.25) is 4.79 Å². The van der Waals surface area contributed by atoms with Crippen molar-refractivity contribution in [2.45, 2.75) is 39.2 Å². The Labute approximate surface area is 125 Å². The molecule has 0 saturated carbocycles. The van der Waals surface area contributed by atoms with Crippen molar-refractivity contribution in [3.8, 4) is 5.75 Å². The van der Waals surface area contributed by atoms with Gasteiger partial charge in [-0.25, -0.2) is 0 Å². The third-order valence-corrected chi connectivity index (χ3v) is 3.82. The first-order chi connectivity index (χ1) is 10.0. The van der Waals surface area contributed by atoms with Crippen LogP contribution in [0.15, 0.2) is 36.4 Å². The maximum absolute atomic E-state index is 12.1. The largest absolute Gasteiger partial charge is 0.497 e. The van der Waals surface area contributed by atoms with Crippen LogP contribution in [-0.2, 0) is 9.53 Å². The predicted molar refractivity (Wildman–Crippen MR) is 84.8 cm³/mol. The lowest BCUT2D eigenvalue weighted by molar-refractivity contribution is -0.149. The average molecular weight is 286 g/mol. The number of methoxy groups -OCH3 is 1. The van der Waals surface area contributed by atoms with Crippen molar-refractivity contribution in [3.05, 3.63) is 42.0 Å². The molecule has 0 spiro atoms. The number of esters is 1.